The molecule has 0 saturated carbocycles. The van der Waals surface area contributed by atoms with Crippen molar-refractivity contribution < 1.29 is 26.4 Å². The Hall–Kier alpha value is -1.29. The van der Waals surface area contributed by atoms with E-state index in [9.17, 15) is 21.6 Å². The first kappa shape index (κ1) is 19.5. The maximum Gasteiger partial charge on any atom is 0.243 e. The molecule has 1 aromatic rings. The van der Waals surface area contributed by atoms with E-state index in [4.69, 9.17) is 4.74 Å². The fourth-order valence-corrected chi connectivity index (χ4v) is 6.94. The molecule has 0 radical (unpaired) electrons. The Morgan fingerprint density at radius 2 is 1.92 bits per heavy atom. The van der Waals surface area contributed by atoms with Crippen molar-refractivity contribution >= 4 is 25.6 Å². The number of sulfone groups is 1. The minimum atomic E-state index is -3.89. The van der Waals surface area contributed by atoms with E-state index in [1.54, 1.807) is 0 Å². The number of ether oxygens (including phenoxy) is 1. The van der Waals surface area contributed by atoms with Crippen molar-refractivity contribution in [3.8, 4) is 0 Å². The first-order valence-electron chi connectivity index (χ1n) is 8.64. The third-order valence-corrected chi connectivity index (χ3v) is 8.57. The Morgan fingerprint density at radius 1 is 1.23 bits per heavy atom. The average Bonchev–Trinajstić information content (AvgIpc) is 3.21. The molecule has 2 heterocycles. The topological polar surface area (TPSA) is 97.8 Å². The molecule has 26 heavy (non-hydrogen) atoms. The van der Waals surface area contributed by atoms with E-state index in [0.717, 1.165) is 12.8 Å². The van der Waals surface area contributed by atoms with Crippen molar-refractivity contribution in [3.63, 3.8) is 0 Å². The zero-order valence-corrected chi connectivity index (χ0v) is 16.3. The van der Waals surface area contributed by atoms with E-state index in [-0.39, 0.29) is 34.8 Å². The van der Waals surface area contributed by atoms with Gasteiger partial charge >= 0.3 is 0 Å². The van der Waals surface area contributed by atoms with Crippen LogP contribution in [0.2, 0.25) is 0 Å². The maximum absolute atomic E-state index is 13.2. The quantitative estimate of drug-likeness (QED) is 0.666. The summed E-state index contributed by atoms with van der Waals surface area (Å²) in [5.74, 6) is -0.310. The highest BCUT2D eigenvalue weighted by atomic mass is 32.2. The van der Waals surface area contributed by atoms with Gasteiger partial charge in [-0.05, 0) is 38.3 Å². The molecule has 2 saturated heterocycles. The number of Topliss-reactive ketones (excluding diaryl/α,β-unsaturated/α-hetero) is 1. The zero-order chi connectivity index (χ0) is 18.9. The minimum Gasteiger partial charge on any atom is -0.377 e. The van der Waals surface area contributed by atoms with E-state index in [1.165, 1.54) is 35.5 Å². The highest BCUT2D eigenvalue weighted by Crippen LogP contribution is 2.27. The Labute approximate surface area is 154 Å². The minimum absolute atomic E-state index is 0.00150. The van der Waals surface area contributed by atoms with Crippen LogP contribution in [0.15, 0.2) is 29.2 Å². The number of rotatable bonds is 6. The lowest BCUT2D eigenvalue weighted by Crippen LogP contribution is -2.45. The van der Waals surface area contributed by atoms with Crippen molar-refractivity contribution in [1.29, 1.82) is 0 Å². The van der Waals surface area contributed by atoms with Gasteiger partial charge in [-0.25, -0.2) is 16.8 Å². The van der Waals surface area contributed by atoms with Gasteiger partial charge < -0.3 is 4.74 Å². The molecule has 7 nitrogen and oxygen atoms in total. The van der Waals surface area contributed by atoms with Crippen LogP contribution in [0.5, 0.6) is 0 Å². The van der Waals surface area contributed by atoms with Crippen LogP contribution in [0.1, 0.15) is 36.5 Å². The molecule has 2 fully saturated rings. The number of carbonyl (C=O) groups is 1. The SMILES string of the molecule is CC(=O)c1ccc(S(=O)(=O)N(C[C@H]2CCCO2)[C@@H]2CCS(=O)(=O)C2)cc1. The standard InChI is InChI=1S/C17H23NO6S2/c1-13(19)14-4-6-17(7-5-14)26(22,23)18(11-16-3-2-9-24-16)15-8-10-25(20,21)12-15/h4-7,15-16H,2-3,8-12H2,1H3/t15-,16-/m1/s1. The summed E-state index contributed by atoms with van der Waals surface area (Å²) in [7, 11) is -7.11. The lowest BCUT2D eigenvalue weighted by molar-refractivity contribution is 0.0877. The number of ketones is 1. The largest absolute Gasteiger partial charge is 0.377 e. The lowest BCUT2D eigenvalue weighted by Gasteiger charge is -2.29. The Kier molecular flexibility index (Phi) is 5.53. The number of carbonyl (C=O) groups excluding carboxylic acids is 1. The first-order valence-corrected chi connectivity index (χ1v) is 11.9. The second-order valence-electron chi connectivity index (χ2n) is 6.85. The van der Waals surface area contributed by atoms with Crippen LogP contribution in [0.3, 0.4) is 0 Å². The van der Waals surface area contributed by atoms with Gasteiger partial charge in [0.1, 0.15) is 0 Å². The molecule has 0 unspecified atom stereocenters. The summed E-state index contributed by atoms with van der Waals surface area (Å²) in [5, 5.41) is 0. The fourth-order valence-electron chi connectivity index (χ4n) is 3.43. The number of hydrogen-bond donors (Lipinski definition) is 0. The van der Waals surface area contributed by atoms with E-state index in [2.05, 4.69) is 0 Å². The molecule has 0 bridgehead atoms. The summed E-state index contributed by atoms with van der Waals surface area (Å²) in [5.41, 5.74) is 0.429. The third-order valence-electron chi connectivity index (χ3n) is 4.89. The van der Waals surface area contributed by atoms with Crippen LogP contribution in [0.4, 0.5) is 0 Å². The van der Waals surface area contributed by atoms with Crippen molar-refractivity contribution in [2.45, 2.75) is 43.2 Å². The van der Waals surface area contributed by atoms with E-state index in [1.807, 2.05) is 0 Å². The molecule has 3 rings (SSSR count). The first-order chi connectivity index (χ1) is 12.2. The molecular formula is C17H23NO6S2. The lowest BCUT2D eigenvalue weighted by atomic mass is 10.2. The van der Waals surface area contributed by atoms with Crippen LogP contribution in [-0.2, 0) is 24.6 Å². The van der Waals surface area contributed by atoms with Gasteiger partial charge in [0.05, 0.1) is 22.5 Å². The summed E-state index contributed by atoms with van der Waals surface area (Å²) in [6.07, 6.45) is 1.70. The molecule has 0 aliphatic carbocycles. The van der Waals surface area contributed by atoms with Gasteiger partial charge in [0.2, 0.25) is 10.0 Å². The molecule has 2 aliphatic rings. The van der Waals surface area contributed by atoms with Crippen molar-refractivity contribution in [3.05, 3.63) is 29.8 Å². The van der Waals surface area contributed by atoms with Gasteiger partial charge in [0.25, 0.3) is 0 Å². The van der Waals surface area contributed by atoms with Crippen LogP contribution in [-0.4, -0.2) is 63.7 Å². The van der Waals surface area contributed by atoms with Gasteiger partial charge in [-0.1, -0.05) is 12.1 Å². The zero-order valence-electron chi connectivity index (χ0n) is 14.6. The highest BCUT2D eigenvalue weighted by molar-refractivity contribution is 7.92. The average molecular weight is 402 g/mol. The number of sulfonamides is 1. The van der Waals surface area contributed by atoms with E-state index < -0.39 is 25.9 Å². The molecule has 9 heteroatoms. The Bertz CT molecular complexity index is 870. The van der Waals surface area contributed by atoms with E-state index >= 15 is 0 Å². The monoisotopic (exact) mass is 401 g/mol. The Morgan fingerprint density at radius 3 is 2.42 bits per heavy atom. The second-order valence-corrected chi connectivity index (χ2v) is 11.0. The number of hydrogen-bond acceptors (Lipinski definition) is 6. The van der Waals surface area contributed by atoms with Gasteiger partial charge in [0, 0.05) is 24.8 Å². The number of benzene rings is 1. The smallest absolute Gasteiger partial charge is 0.243 e. The van der Waals surface area contributed by atoms with Gasteiger partial charge in [-0.15, -0.1) is 0 Å². The molecular weight excluding hydrogens is 378 g/mol. The van der Waals surface area contributed by atoms with Crippen molar-refractivity contribution in [1.82, 2.24) is 4.31 Å². The molecule has 2 atom stereocenters. The van der Waals surface area contributed by atoms with Crippen LogP contribution >= 0.6 is 0 Å². The summed E-state index contributed by atoms with van der Waals surface area (Å²) < 4.78 is 57.0. The maximum atomic E-state index is 13.2. The fraction of sp³-hybridized carbons (Fsp3) is 0.588. The molecule has 1 aromatic carbocycles. The normalized spacial score (nSPS) is 25.6. The number of nitrogens with zero attached hydrogens (tertiary/aromatic N) is 1. The Balaban J connectivity index is 1.91. The highest BCUT2D eigenvalue weighted by Gasteiger charge is 2.40. The molecule has 0 aromatic heterocycles. The molecule has 2 aliphatic heterocycles. The summed E-state index contributed by atoms with van der Waals surface area (Å²) in [6, 6.07) is 5.17. The molecule has 0 spiro atoms. The summed E-state index contributed by atoms with van der Waals surface area (Å²) >= 11 is 0. The third kappa shape index (κ3) is 4.16. The molecule has 0 N–H and O–H groups in total. The predicted molar refractivity (Wildman–Crippen MR) is 96.4 cm³/mol. The van der Waals surface area contributed by atoms with Crippen LogP contribution < -0.4 is 0 Å². The molecule has 0 amide bonds. The van der Waals surface area contributed by atoms with Gasteiger partial charge in [-0.2, -0.15) is 4.31 Å². The van der Waals surface area contributed by atoms with Crippen molar-refractivity contribution in [2.75, 3.05) is 24.7 Å². The van der Waals surface area contributed by atoms with Crippen LogP contribution in [0, 0.1) is 0 Å². The molecule has 144 valence electrons. The van der Waals surface area contributed by atoms with E-state index in [0.29, 0.717) is 18.6 Å². The van der Waals surface area contributed by atoms with Crippen molar-refractivity contribution in [2.24, 2.45) is 0 Å². The second kappa shape index (κ2) is 7.38. The predicted octanol–water partition coefficient (Wildman–Crippen LogP) is 1.25. The van der Waals surface area contributed by atoms with Crippen LogP contribution in [0.25, 0.3) is 0 Å². The van der Waals surface area contributed by atoms with Gasteiger partial charge in [-0.3, -0.25) is 4.79 Å². The summed E-state index contributed by atoms with van der Waals surface area (Å²) in [6.45, 7) is 2.16. The van der Waals surface area contributed by atoms with Gasteiger partial charge in [0.15, 0.2) is 15.6 Å². The summed E-state index contributed by atoms with van der Waals surface area (Å²) in [4.78, 5) is 11.5.